The lowest BCUT2D eigenvalue weighted by Gasteiger charge is -1.93. The van der Waals surface area contributed by atoms with E-state index < -0.39 is 0 Å². The van der Waals surface area contributed by atoms with Gasteiger partial charge in [0.25, 0.3) is 0 Å². The van der Waals surface area contributed by atoms with E-state index in [0.29, 0.717) is 0 Å². The lowest BCUT2D eigenvalue weighted by molar-refractivity contribution is 0.887. The summed E-state index contributed by atoms with van der Waals surface area (Å²) in [7, 11) is 0. The van der Waals surface area contributed by atoms with Crippen molar-refractivity contribution in [3.05, 3.63) is 25.0 Å². The highest BCUT2D eigenvalue weighted by molar-refractivity contribution is 5.89. The Balaban J connectivity index is 2.24. The molecule has 0 radical (unpaired) electrons. The van der Waals surface area contributed by atoms with Crippen molar-refractivity contribution < 1.29 is 0 Å². The molecule has 2 heterocycles. The average molecular weight is 147 g/mol. The number of allylic oxidation sites excluding steroid dienone is 1. The zero-order valence-corrected chi connectivity index (χ0v) is 6.20. The minimum Gasteiger partial charge on any atom is -0.310 e. The van der Waals surface area contributed by atoms with E-state index in [1.807, 2.05) is 16.8 Å². The highest BCUT2D eigenvalue weighted by Crippen LogP contribution is 2.17. The molecule has 1 aliphatic rings. The fraction of sp³-hybridized carbons (Fsp3) is 0.250. The number of rotatable bonds is 2. The zero-order chi connectivity index (χ0) is 7.68. The van der Waals surface area contributed by atoms with Gasteiger partial charge in [0.2, 0.25) is 5.95 Å². The third-order valence-electron chi connectivity index (χ3n) is 1.68. The molecule has 1 aromatic rings. The van der Waals surface area contributed by atoms with Crippen LogP contribution in [0, 0.1) is 0 Å². The second-order valence-corrected chi connectivity index (χ2v) is 2.53. The van der Waals surface area contributed by atoms with Gasteiger partial charge in [-0.15, -0.1) is 6.58 Å². The summed E-state index contributed by atoms with van der Waals surface area (Å²) in [5, 5.41) is 0. The fourth-order valence-corrected chi connectivity index (χ4v) is 1.19. The van der Waals surface area contributed by atoms with Crippen molar-refractivity contribution >= 4 is 11.7 Å². The summed E-state index contributed by atoms with van der Waals surface area (Å²) in [4.78, 5) is 8.37. The molecule has 0 unspecified atom stereocenters. The number of aliphatic imine (C=N–C) groups is 1. The van der Waals surface area contributed by atoms with Crippen LogP contribution >= 0.6 is 0 Å². The first-order chi connectivity index (χ1) is 5.40. The third-order valence-corrected chi connectivity index (χ3v) is 1.68. The van der Waals surface area contributed by atoms with Crippen molar-refractivity contribution in [2.75, 3.05) is 0 Å². The van der Waals surface area contributed by atoms with Crippen molar-refractivity contribution in [2.24, 2.45) is 4.99 Å². The van der Waals surface area contributed by atoms with Crippen LogP contribution in [0.1, 0.15) is 6.42 Å². The number of nitrogens with zero attached hydrogens (tertiary/aromatic N) is 3. The Hall–Kier alpha value is -1.38. The molecule has 0 aliphatic carbocycles. The highest BCUT2D eigenvalue weighted by atomic mass is 15.2. The van der Waals surface area contributed by atoms with Gasteiger partial charge < -0.3 is 4.57 Å². The van der Waals surface area contributed by atoms with Gasteiger partial charge in [-0.05, 0) is 0 Å². The van der Waals surface area contributed by atoms with E-state index in [-0.39, 0.29) is 0 Å². The lowest BCUT2D eigenvalue weighted by atomic mass is 10.3. The fourth-order valence-electron chi connectivity index (χ4n) is 1.19. The summed E-state index contributed by atoms with van der Waals surface area (Å²) in [6.07, 6.45) is 6.44. The van der Waals surface area contributed by atoms with Crippen LogP contribution in [0.5, 0.6) is 0 Å². The quantitative estimate of drug-likeness (QED) is 0.583. The predicted octanol–water partition coefficient (Wildman–Crippen LogP) is 1.55. The van der Waals surface area contributed by atoms with Gasteiger partial charge in [0.1, 0.15) is 0 Å². The molecule has 11 heavy (non-hydrogen) atoms. The van der Waals surface area contributed by atoms with Crippen LogP contribution in [0.2, 0.25) is 0 Å². The average Bonchev–Trinajstić information content (AvgIpc) is 2.46. The smallest absolute Gasteiger partial charge is 0.229 e. The first-order valence-electron chi connectivity index (χ1n) is 3.58. The molecule has 56 valence electrons. The van der Waals surface area contributed by atoms with Crippen LogP contribution in [0.15, 0.2) is 30.0 Å². The summed E-state index contributed by atoms with van der Waals surface area (Å²) in [5.74, 6) is 0.821. The van der Waals surface area contributed by atoms with Crippen LogP contribution in [0.3, 0.4) is 0 Å². The Labute approximate surface area is 65.1 Å². The Kier molecular flexibility index (Phi) is 1.35. The molecule has 3 nitrogen and oxygen atoms in total. The molecule has 0 amide bonds. The van der Waals surface area contributed by atoms with Gasteiger partial charge >= 0.3 is 0 Å². The van der Waals surface area contributed by atoms with E-state index in [1.54, 1.807) is 6.20 Å². The van der Waals surface area contributed by atoms with Gasteiger partial charge in [0.15, 0.2) is 0 Å². The van der Waals surface area contributed by atoms with E-state index >= 15 is 0 Å². The molecular weight excluding hydrogens is 138 g/mol. The largest absolute Gasteiger partial charge is 0.310 e. The molecule has 0 fully saturated rings. The summed E-state index contributed by atoms with van der Waals surface area (Å²) in [6.45, 7) is 4.54. The number of fused-ring (bicyclic) bond motifs is 1. The summed E-state index contributed by atoms with van der Waals surface area (Å²) < 4.78 is 2.03. The summed E-state index contributed by atoms with van der Waals surface area (Å²) in [5.41, 5.74) is 1.14. The molecule has 1 aromatic heterocycles. The van der Waals surface area contributed by atoms with Crippen LogP contribution in [0.25, 0.3) is 0 Å². The number of hydrogen-bond acceptors (Lipinski definition) is 2. The van der Waals surface area contributed by atoms with Gasteiger partial charge in [0, 0.05) is 24.5 Å². The van der Waals surface area contributed by atoms with Gasteiger partial charge in [-0.2, -0.15) is 0 Å². The van der Waals surface area contributed by atoms with Gasteiger partial charge in [0.05, 0.1) is 6.54 Å². The first kappa shape index (κ1) is 6.34. The standard InChI is InChI=1S/C8H9N3/c1-2-3-7-6-11-5-4-9-8(11)10-7/h2,4-5H,1,3,6H2. The minimum atomic E-state index is 0.821. The SMILES string of the molecule is C=CCC1=Nc2nccn2C1. The zero-order valence-electron chi connectivity index (χ0n) is 6.20. The second kappa shape index (κ2) is 2.34. The highest BCUT2D eigenvalue weighted by Gasteiger charge is 2.11. The molecule has 0 saturated carbocycles. The monoisotopic (exact) mass is 147 g/mol. The van der Waals surface area contributed by atoms with Crippen molar-refractivity contribution in [1.82, 2.24) is 9.55 Å². The summed E-state index contributed by atoms with van der Waals surface area (Å²) >= 11 is 0. The van der Waals surface area contributed by atoms with Gasteiger partial charge in [-0.3, -0.25) is 0 Å². The van der Waals surface area contributed by atoms with E-state index in [0.717, 1.165) is 24.6 Å². The maximum absolute atomic E-state index is 4.30. The van der Waals surface area contributed by atoms with Crippen LogP contribution in [-0.4, -0.2) is 15.3 Å². The first-order valence-corrected chi connectivity index (χ1v) is 3.58. The van der Waals surface area contributed by atoms with Crippen molar-refractivity contribution in [1.29, 1.82) is 0 Å². The van der Waals surface area contributed by atoms with Crippen molar-refractivity contribution in [3.63, 3.8) is 0 Å². The van der Waals surface area contributed by atoms with E-state index in [2.05, 4.69) is 16.6 Å². The second-order valence-electron chi connectivity index (χ2n) is 2.53. The normalized spacial score (nSPS) is 14.4. The van der Waals surface area contributed by atoms with Crippen molar-refractivity contribution in [3.8, 4) is 0 Å². The molecule has 0 saturated heterocycles. The van der Waals surface area contributed by atoms with Gasteiger partial charge in [-0.1, -0.05) is 6.08 Å². The predicted molar refractivity (Wildman–Crippen MR) is 44.1 cm³/mol. The molecule has 0 aromatic carbocycles. The topological polar surface area (TPSA) is 30.2 Å². The summed E-state index contributed by atoms with van der Waals surface area (Å²) in [6, 6.07) is 0. The van der Waals surface area contributed by atoms with E-state index in [4.69, 9.17) is 0 Å². The molecule has 3 heteroatoms. The van der Waals surface area contributed by atoms with Crippen molar-refractivity contribution in [2.45, 2.75) is 13.0 Å². The maximum atomic E-state index is 4.30. The lowest BCUT2D eigenvalue weighted by Crippen LogP contribution is -2.00. The van der Waals surface area contributed by atoms with E-state index in [9.17, 15) is 0 Å². The number of imidazole rings is 1. The Bertz CT molecular complexity index is 309. The molecular formula is C8H9N3. The molecule has 0 bridgehead atoms. The van der Waals surface area contributed by atoms with Gasteiger partial charge in [-0.25, -0.2) is 9.98 Å². The number of aromatic nitrogens is 2. The Morgan fingerprint density at radius 1 is 1.73 bits per heavy atom. The number of hydrogen-bond donors (Lipinski definition) is 0. The molecule has 0 atom stereocenters. The molecule has 2 rings (SSSR count). The maximum Gasteiger partial charge on any atom is 0.229 e. The third kappa shape index (κ3) is 0.981. The van der Waals surface area contributed by atoms with E-state index in [1.165, 1.54) is 0 Å². The molecule has 0 spiro atoms. The van der Waals surface area contributed by atoms with Crippen LogP contribution in [0.4, 0.5) is 5.95 Å². The molecule has 0 N–H and O–H groups in total. The van der Waals surface area contributed by atoms with Crippen LogP contribution in [-0.2, 0) is 6.54 Å². The molecule has 1 aliphatic heterocycles. The van der Waals surface area contributed by atoms with Crippen LogP contribution < -0.4 is 0 Å². The Morgan fingerprint density at radius 3 is 3.36 bits per heavy atom. The Morgan fingerprint density at radius 2 is 2.64 bits per heavy atom. The minimum absolute atomic E-state index is 0.821.